The molecule has 1 fully saturated rings. The van der Waals surface area contributed by atoms with Gasteiger partial charge >= 0.3 is 5.97 Å². The van der Waals surface area contributed by atoms with Crippen LogP contribution in [0.2, 0.25) is 0 Å². The highest BCUT2D eigenvalue weighted by molar-refractivity contribution is 9.10. The monoisotopic (exact) mass is 383 g/mol. The number of carbonyl (C=O) groups excluding carboxylic acids is 2. The van der Waals surface area contributed by atoms with Crippen LogP contribution in [0.5, 0.6) is 5.75 Å². The van der Waals surface area contributed by atoms with E-state index in [-0.39, 0.29) is 25.2 Å². The van der Waals surface area contributed by atoms with Gasteiger partial charge in [0.1, 0.15) is 5.75 Å². The van der Waals surface area contributed by atoms with E-state index in [4.69, 9.17) is 9.47 Å². The smallest absolute Gasteiger partial charge is 0.344 e. The fraction of sp³-hybridized carbons (Fsp3) is 0.529. The lowest BCUT2D eigenvalue weighted by molar-refractivity contribution is -0.150. The SMILES string of the molecule is CC1CCCCC1NC(=O)COC(=O)COc1cccc(Br)c1. The first-order chi connectivity index (χ1) is 11.0. The highest BCUT2D eigenvalue weighted by Gasteiger charge is 2.23. The van der Waals surface area contributed by atoms with Crippen LogP contribution in [-0.2, 0) is 14.3 Å². The van der Waals surface area contributed by atoms with Gasteiger partial charge in [0.2, 0.25) is 0 Å². The van der Waals surface area contributed by atoms with Gasteiger partial charge in [0.15, 0.2) is 13.2 Å². The molecule has 0 bridgehead atoms. The Labute approximate surface area is 144 Å². The van der Waals surface area contributed by atoms with E-state index in [1.807, 2.05) is 12.1 Å². The zero-order chi connectivity index (χ0) is 16.7. The summed E-state index contributed by atoms with van der Waals surface area (Å²) in [5, 5.41) is 2.94. The molecule has 0 spiro atoms. The summed E-state index contributed by atoms with van der Waals surface area (Å²) in [6.45, 7) is 1.66. The van der Waals surface area contributed by atoms with Crippen molar-refractivity contribution in [3.8, 4) is 5.75 Å². The van der Waals surface area contributed by atoms with Gasteiger partial charge in [-0.1, -0.05) is 41.8 Å². The van der Waals surface area contributed by atoms with E-state index in [0.29, 0.717) is 11.7 Å². The molecule has 2 rings (SSSR count). The maximum Gasteiger partial charge on any atom is 0.344 e. The van der Waals surface area contributed by atoms with E-state index in [9.17, 15) is 9.59 Å². The van der Waals surface area contributed by atoms with Crippen LogP contribution in [0.4, 0.5) is 0 Å². The van der Waals surface area contributed by atoms with E-state index < -0.39 is 5.97 Å². The number of amides is 1. The first kappa shape index (κ1) is 17.8. The zero-order valence-electron chi connectivity index (χ0n) is 13.2. The van der Waals surface area contributed by atoms with Crippen LogP contribution in [0.25, 0.3) is 0 Å². The van der Waals surface area contributed by atoms with Crippen molar-refractivity contribution in [3.05, 3.63) is 28.7 Å². The Bertz CT molecular complexity index is 549. The number of esters is 1. The molecular weight excluding hydrogens is 362 g/mol. The van der Waals surface area contributed by atoms with Crippen molar-refractivity contribution in [1.29, 1.82) is 0 Å². The van der Waals surface area contributed by atoms with Gasteiger partial charge in [-0.3, -0.25) is 4.79 Å². The molecule has 2 unspecified atom stereocenters. The van der Waals surface area contributed by atoms with Crippen molar-refractivity contribution >= 4 is 27.8 Å². The van der Waals surface area contributed by atoms with Gasteiger partial charge in [0.05, 0.1) is 0 Å². The highest BCUT2D eigenvalue weighted by atomic mass is 79.9. The molecule has 1 saturated carbocycles. The molecule has 23 heavy (non-hydrogen) atoms. The average Bonchev–Trinajstić information content (AvgIpc) is 2.53. The maximum absolute atomic E-state index is 11.8. The molecule has 1 aromatic carbocycles. The molecule has 0 aliphatic heterocycles. The highest BCUT2D eigenvalue weighted by Crippen LogP contribution is 2.23. The van der Waals surface area contributed by atoms with Crippen molar-refractivity contribution < 1.29 is 19.1 Å². The van der Waals surface area contributed by atoms with Crippen LogP contribution in [0.1, 0.15) is 32.6 Å². The minimum absolute atomic E-state index is 0.188. The Morgan fingerprint density at radius 2 is 2.04 bits per heavy atom. The average molecular weight is 384 g/mol. The molecule has 0 heterocycles. The van der Waals surface area contributed by atoms with Gasteiger partial charge in [-0.05, 0) is 37.0 Å². The third-order valence-electron chi connectivity index (χ3n) is 3.97. The van der Waals surface area contributed by atoms with Gasteiger partial charge in [0, 0.05) is 10.5 Å². The topological polar surface area (TPSA) is 64.6 Å². The Morgan fingerprint density at radius 1 is 1.26 bits per heavy atom. The lowest BCUT2D eigenvalue weighted by Crippen LogP contribution is -2.43. The van der Waals surface area contributed by atoms with Gasteiger partial charge in [0.25, 0.3) is 5.91 Å². The molecule has 5 nitrogen and oxygen atoms in total. The molecule has 0 aromatic heterocycles. The van der Waals surface area contributed by atoms with E-state index in [1.165, 1.54) is 6.42 Å². The standard InChI is InChI=1S/C17H22BrNO4/c1-12-5-2-3-8-15(12)19-16(20)10-23-17(21)11-22-14-7-4-6-13(18)9-14/h4,6-7,9,12,15H,2-3,5,8,10-11H2,1H3,(H,19,20). The first-order valence-electron chi connectivity index (χ1n) is 7.88. The lowest BCUT2D eigenvalue weighted by atomic mass is 9.86. The number of hydrogen-bond acceptors (Lipinski definition) is 4. The van der Waals surface area contributed by atoms with Crippen LogP contribution in [-0.4, -0.2) is 31.1 Å². The summed E-state index contributed by atoms with van der Waals surface area (Å²) >= 11 is 3.32. The van der Waals surface area contributed by atoms with E-state index in [0.717, 1.165) is 23.7 Å². The van der Waals surface area contributed by atoms with Crippen LogP contribution in [0, 0.1) is 5.92 Å². The van der Waals surface area contributed by atoms with E-state index in [2.05, 4.69) is 28.2 Å². The Hall–Kier alpha value is -1.56. The number of hydrogen-bond donors (Lipinski definition) is 1. The molecule has 1 aliphatic rings. The van der Waals surface area contributed by atoms with Crippen molar-refractivity contribution in [2.24, 2.45) is 5.92 Å². The second-order valence-electron chi connectivity index (χ2n) is 5.84. The fourth-order valence-corrected chi connectivity index (χ4v) is 3.04. The number of halogens is 1. The molecule has 0 saturated heterocycles. The van der Waals surface area contributed by atoms with E-state index >= 15 is 0 Å². The maximum atomic E-state index is 11.8. The van der Waals surface area contributed by atoms with Gasteiger partial charge in [-0.15, -0.1) is 0 Å². The third kappa shape index (κ3) is 6.22. The fourth-order valence-electron chi connectivity index (χ4n) is 2.67. The summed E-state index contributed by atoms with van der Waals surface area (Å²) in [5.41, 5.74) is 0. The predicted molar refractivity (Wildman–Crippen MR) is 90.2 cm³/mol. The normalized spacial score (nSPS) is 20.6. The number of ether oxygens (including phenoxy) is 2. The van der Waals surface area contributed by atoms with Crippen LogP contribution in [0.15, 0.2) is 28.7 Å². The minimum Gasteiger partial charge on any atom is -0.482 e. The van der Waals surface area contributed by atoms with Crippen LogP contribution in [0.3, 0.4) is 0 Å². The largest absolute Gasteiger partial charge is 0.482 e. The number of benzene rings is 1. The van der Waals surface area contributed by atoms with Gasteiger partial charge in [-0.25, -0.2) is 4.79 Å². The third-order valence-corrected chi connectivity index (χ3v) is 4.47. The molecule has 0 radical (unpaired) electrons. The minimum atomic E-state index is -0.559. The first-order valence-corrected chi connectivity index (χ1v) is 8.67. The zero-order valence-corrected chi connectivity index (χ0v) is 14.8. The lowest BCUT2D eigenvalue weighted by Gasteiger charge is -2.29. The van der Waals surface area contributed by atoms with Crippen molar-refractivity contribution in [1.82, 2.24) is 5.32 Å². The molecular formula is C17H22BrNO4. The molecule has 126 valence electrons. The molecule has 2 atom stereocenters. The molecule has 1 N–H and O–H groups in total. The Morgan fingerprint density at radius 3 is 2.78 bits per heavy atom. The summed E-state index contributed by atoms with van der Waals surface area (Å²) in [6.07, 6.45) is 4.48. The molecule has 1 amide bonds. The number of carbonyl (C=O) groups is 2. The van der Waals surface area contributed by atoms with E-state index in [1.54, 1.807) is 12.1 Å². The van der Waals surface area contributed by atoms with Gasteiger partial charge in [-0.2, -0.15) is 0 Å². The quantitative estimate of drug-likeness (QED) is 0.766. The number of rotatable bonds is 6. The second kappa shape index (κ2) is 8.91. The number of nitrogens with one attached hydrogen (secondary N) is 1. The Balaban J connectivity index is 1.66. The molecule has 1 aromatic rings. The second-order valence-corrected chi connectivity index (χ2v) is 6.76. The molecule has 6 heteroatoms. The van der Waals surface area contributed by atoms with Crippen molar-refractivity contribution in [2.75, 3.05) is 13.2 Å². The Kier molecular flexibility index (Phi) is 6.89. The summed E-state index contributed by atoms with van der Waals surface area (Å²) in [4.78, 5) is 23.5. The molecule has 1 aliphatic carbocycles. The van der Waals surface area contributed by atoms with Gasteiger partial charge < -0.3 is 14.8 Å². The summed E-state index contributed by atoms with van der Waals surface area (Å²) in [6, 6.07) is 7.36. The van der Waals surface area contributed by atoms with Crippen LogP contribution < -0.4 is 10.1 Å². The predicted octanol–water partition coefficient (Wildman–Crippen LogP) is 3.07. The van der Waals surface area contributed by atoms with Crippen LogP contribution >= 0.6 is 15.9 Å². The summed E-state index contributed by atoms with van der Waals surface area (Å²) in [7, 11) is 0. The van der Waals surface area contributed by atoms with Crippen molar-refractivity contribution in [2.45, 2.75) is 38.6 Å². The van der Waals surface area contributed by atoms with Crippen molar-refractivity contribution in [3.63, 3.8) is 0 Å². The summed E-state index contributed by atoms with van der Waals surface area (Å²) in [5.74, 6) is 0.233. The summed E-state index contributed by atoms with van der Waals surface area (Å²) < 4.78 is 11.1.